The van der Waals surface area contributed by atoms with Crippen molar-refractivity contribution in [3.05, 3.63) is 54.1 Å². The molecule has 178 valence electrons. The maximum Gasteiger partial charge on any atom is 0.294 e. The second-order valence-corrected chi connectivity index (χ2v) is 10.8. The monoisotopic (exact) mass is 470 g/mol. The van der Waals surface area contributed by atoms with Gasteiger partial charge in [-0.2, -0.15) is 8.42 Å². The van der Waals surface area contributed by atoms with Gasteiger partial charge in [-0.1, -0.05) is 57.5 Å². The lowest BCUT2D eigenvalue weighted by Crippen LogP contribution is -2.44. The van der Waals surface area contributed by atoms with Crippen molar-refractivity contribution in [2.24, 2.45) is 11.8 Å². The van der Waals surface area contributed by atoms with Crippen molar-refractivity contribution in [1.29, 1.82) is 0 Å². The second-order valence-electron chi connectivity index (χ2n) is 9.37. The minimum atomic E-state index is -4.02. The van der Waals surface area contributed by atoms with Gasteiger partial charge in [-0.3, -0.25) is 4.55 Å². The SMILES string of the molecule is CC(C)CN1c2nc3ccccc3nc2N(CC(C)C)C1C.Cc1ccc(S(=O)(=O)O)cc1. The fourth-order valence-corrected chi connectivity index (χ4v) is 4.34. The molecule has 0 radical (unpaired) electrons. The highest BCUT2D eigenvalue weighted by atomic mass is 32.2. The number of hydrogen-bond acceptors (Lipinski definition) is 6. The minimum absolute atomic E-state index is 0.0666. The number of aromatic nitrogens is 2. The van der Waals surface area contributed by atoms with Crippen molar-refractivity contribution in [2.75, 3.05) is 22.9 Å². The van der Waals surface area contributed by atoms with Crippen LogP contribution >= 0.6 is 0 Å². The second kappa shape index (κ2) is 10.1. The predicted molar refractivity (Wildman–Crippen MR) is 134 cm³/mol. The third kappa shape index (κ3) is 6.00. The lowest BCUT2D eigenvalue weighted by atomic mass is 10.2. The van der Waals surface area contributed by atoms with Crippen molar-refractivity contribution in [1.82, 2.24) is 9.97 Å². The normalized spacial score (nSPS) is 14.1. The van der Waals surface area contributed by atoms with E-state index in [1.807, 2.05) is 31.2 Å². The van der Waals surface area contributed by atoms with Crippen LogP contribution < -0.4 is 9.80 Å². The van der Waals surface area contributed by atoms with Crippen LogP contribution in [0.1, 0.15) is 40.2 Å². The van der Waals surface area contributed by atoms with Crippen LogP contribution in [0.4, 0.5) is 11.6 Å². The number of fused-ring (bicyclic) bond motifs is 2. The molecular weight excluding hydrogens is 436 g/mol. The summed E-state index contributed by atoms with van der Waals surface area (Å²) in [6.45, 7) is 15.1. The first-order chi connectivity index (χ1) is 15.5. The molecule has 0 aliphatic carbocycles. The number of anilines is 2. The molecule has 0 saturated carbocycles. The van der Waals surface area contributed by atoms with E-state index in [4.69, 9.17) is 14.5 Å². The van der Waals surface area contributed by atoms with Crippen LogP contribution in [0.3, 0.4) is 0 Å². The third-order valence-corrected chi connectivity index (χ3v) is 6.29. The average molecular weight is 471 g/mol. The van der Waals surface area contributed by atoms with E-state index in [0.29, 0.717) is 18.0 Å². The molecule has 0 amide bonds. The smallest absolute Gasteiger partial charge is 0.294 e. The van der Waals surface area contributed by atoms with Crippen molar-refractivity contribution in [3.63, 3.8) is 0 Å². The summed E-state index contributed by atoms with van der Waals surface area (Å²) in [4.78, 5) is 14.6. The van der Waals surface area contributed by atoms with Gasteiger partial charge in [-0.25, -0.2) is 9.97 Å². The standard InChI is InChI=1S/C18H26N4.C7H8O3S/c1-12(2)10-21-14(5)22(11-13(3)4)18-17(21)19-15-8-6-7-9-16(15)20-18;1-6-2-4-7(5-3-6)11(8,9)10/h6-9,12-14H,10-11H2,1-5H3;2-5H,1H3,(H,8,9,10). The quantitative estimate of drug-likeness (QED) is 0.516. The predicted octanol–water partition coefficient (Wildman–Crippen LogP) is 5.16. The average Bonchev–Trinajstić information content (AvgIpc) is 2.96. The molecule has 3 aromatic rings. The van der Waals surface area contributed by atoms with Gasteiger partial charge in [-0.15, -0.1) is 0 Å². The van der Waals surface area contributed by atoms with Crippen molar-refractivity contribution < 1.29 is 13.0 Å². The van der Waals surface area contributed by atoms with Gasteiger partial charge in [0.25, 0.3) is 10.1 Å². The Bertz CT molecular complexity index is 1140. The lowest BCUT2D eigenvalue weighted by molar-refractivity contribution is 0.483. The fraction of sp³-hybridized carbons (Fsp3) is 0.440. The first-order valence-electron chi connectivity index (χ1n) is 11.3. The van der Waals surface area contributed by atoms with Gasteiger partial charge in [0.05, 0.1) is 15.9 Å². The zero-order chi connectivity index (χ0) is 24.3. The van der Waals surface area contributed by atoms with Gasteiger partial charge in [-0.05, 0) is 49.9 Å². The number of para-hydroxylation sites is 2. The Morgan fingerprint density at radius 2 is 1.27 bits per heavy atom. The molecule has 2 heterocycles. The number of benzene rings is 2. The molecule has 0 bridgehead atoms. The molecule has 1 N–H and O–H groups in total. The molecule has 0 saturated heterocycles. The number of nitrogens with zero attached hydrogens (tertiary/aromatic N) is 4. The fourth-order valence-electron chi connectivity index (χ4n) is 3.86. The van der Waals surface area contributed by atoms with Crippen molar-refractivity contribution in [3.8, 4) is 0 Å². The highest BCUT2D eigenvalue weighted by molar-refractivity contribution is 7.85. The number of aryl methyl sites for hydroxylation is 1. The Balaban J connectivity index is 0.000000235. The van der Waals surface area contributed by atoms with Gasteiger partial charge in [0.1, 0.15) is 6.17 Å². The first-order valence-corrected chi connectivity index (χ1v) is 12.8. The van der Waals surface area contributed by atoms with Gasteiger partial charge >= 0.3 is 0 Å². The Hall–Kier alpha value is -2.71. The summed E-state index contributed by atoms with van der Waals surface area (Å²) >= 11 is 0. The molecule has 8 heteroatoms. The van der Waals surface area contributed by atoms with Gasteiger partial charge < -0.3 is 9.80 Å². The van der Waals surface area contributed by atoms with Gasteiger partial charge in [0.2, 0.25) is 0 Å². The van der Waals surface area contributed by atoms with Crippen LogP contribution in [0.2, 0.25) is 0 Å². The summed E-state index contributed by atoms with van der Waals surface area (Å²) in [7, 11) is -4.02. The van der Waals surface area contributed by atoms with Crippen molar-refractivity contribution >= 4 is 32.8 Å². The van der Waals surface area contributed by atoms with E-state index in [2.05, 4.69) is 44.4 Å². The van der Waals surface area contributed by atoms with Crippen LogP contribution in [-0.2, 0) is 10.1 Å². The molecule has 1 aromatic heterocycles. The molecule has 7 nitrogen and oxygen atoms in total. The summed E-state index contributed by atoms with van der Waals surface area (Å²) < 4.78 is 29.6. The van der Waals surface area contributed by atoms with E-state index >= 15 is 0 Å². The summed E-state index contributed by atoms with van der Waals surface area (Å²) in [6.07, 6.45) is 0.316. The summed E-state index contributed by atoms with van der Waals surface area (Å²) in [6, 6.07) is 14.1. The van der Waals surface area contributed by atoms with E-state index in [1.54, 1.807) is 12.1 Å². The van der Waals surface area contributed by atoms with E-state index in [9.17, 15) is 8.42 Å². The largest absolute Gasteiger partial charge is 0.333 e. The molecule has 1 aliphatic heterocycles. The van der Waals surface area contributed by atoms with Crippen LogP contribution in [0.15, 0.2) is 53.4 Å². The Morgan fingerprint density at radius 3 is 1.64 bits per heavy atom. The molecule has 2 aromatic carbocycles. The van der Waals surface area contributed by atoms with Crippen LogP contribution in [0, 0.1) is 18.8 Å². The first kappa shape index (κ1) is 24.9. The van der Waals surface area contributed by atoms with Gasteiger partial charge in [0.15, 0.2) is 11.6 Å². The maximum atomic E-state index is 10.5. The van der Waals surface area contributed by atoms with Crippen LogP contribution in [-0.4, -0.2) is 42.2 Å². The van der Waals surface area contributed by atoms with Gasteiger partial charge in [0, 0.05) is 13.1 Å². The molecular formula is C25H34N4O3S. The summed E-state index contributed by atoms with van der Waals surface area (Å²) in [5.41, 5.74) is 2.92. The Labute approximate surface area is 197 Å². The van der Waals surface area contributed by atoms with Crippen LogP contribution in [0.25, 0.3) is 11.0 Å². The maximum absolute atomic E-state index is 10.5. The number of hydrogen-bond donors (Lipinski definition) is 1. The Morgan fingerprint density at radius 1 is 0.848 bits per heavy atom. The van der Waals surface area contributed by atoms with E-state index in [0.717, 1.165) is 41.3 Å². The zero-order valence-electron chi connectivity index (χ0n) is 20.2. The molecule has 0 fully saturated rings. The van der Waals surface area contributed by atoms with E-state index in [1.165, 1.54) is 12.1 Å². The summed E-state index contributed by atoms with van der Waals surface area (Å²) in [5.74, 6) is 3.28. The highest BCUT2D eigenvalue weighted by Crippen LogP contribution is 2.38. The molecule has 0 atom stereocenters. The molecule has 0 unspecified atom stereocenters. The van der Waals surface area contributed by atoms with Crippen LogP contribution in [0.5, 0.6) is 0 Å². The molecule has 33 heavy (non-hydrogen) atoms. The Kier molecular flexibility index (Phi) is 7.59. The topological polar surface area (TPSA) is 86.6 Å². The summed E-state index contributed by atoms with van der Waals surface area (Å²) in [5, 5.41) is 0. The number of rotatable bonds is 5. The molecule has 4 rings (SSSR count). The van der Waals surface area contributed by atoms with Crippen molar-refractivity contribution in [2.45, 2.75) is 52.6 Å². The molecule has 0 spiro atoms. The van der Waals surface area contributed by atoms with E-state index in [-0.39, 0.29) is 4.90 Å². The minimum Gasteiger partial charge on any atom is -0.333 e. The zero-order valence-corrected chi connectivity index (χ0v) is 21.0. The highest BCUT2D eigenvalue weighted by Gasteiger charge is 2.36. The third-order valence-electron chi connectivity index (χ3n) is 5.42. The lowest BCUT2D eigenvalue weighted by Gasteiger charge is -2.31. The molecule has 1 aliphatic rings. The van der Waals surface area contributed by atoms with E-state index < -0.39 is 10.1 Å².